The fourth-order valence-electron chi connectivity index (χ4n) is 3.08. The number of rotatable bonds is 8. The lowest BCUT2D eigenvalue weighted by molar-refractivity contribution is -0.142. The van der Waals surface area contributed by atoms with Crippen LogP contribution in [0, 0.1) is 0 Å². The molecule has 1 N–H and O–H groups in total. The lowest BCUT2D eigenvalue weighted by Crippen LogP contribution is -2.41. The molecule has 0 atom stereocenters. The number of ketones is 1. The number of carbonyl (C=O) groups is 2. The van der Waals surface area contributed by atoms with Crippen molar-refractivity contribution in [1.82, 2.24) is 0 Å². The van der Waals surface area contributed by atoms with Gasteiger partial charge in [-0.1, -0.05) is 29.8 Å². The molecule has 32 heavy (non-hydrogen) atoms. The Hall–Kier alpha value is -2.55. The summed E-state index contributed by atoms with van der Waals surface area (Å²) in [6, 6.07) is 12.1. The highest BCUT2D eigenvalue weighted by molar-refractivity contribution is 6.65. The zero-order valence-electron chi connectivity index (χ0n) is 18.9. The predicted molar refractivity (Wildman–Crippen MR) is 124 cm³/mol. The lowest BCUT2D eigenvalue weighted by Gasteiger charge is -2.32. The molecule has 1 saturated heterocycles. The van der Waals surface area contributed by atoms with E-state index in [9.17, 15) is 9.59 Å². The molecule has 1 heterocycles. The number of ether oxygens (including phenoxy) is 2. The molecule has 0 aliphatic carbocycles. The van der Waals surface area contributed by atoms with Gasteiger partial charge in [-0.25, -0.2) is 4.79 Å². The van der Waals surface area contributed by atoms with E-state index in [0.29, 0.717) is 27.5 Å². The SMILES string of the molecule is COC(=O)COc1ccccc1NCC(=O)c1ccc(Cl)c(B2OC(C)(C)C(C)(C)O2)c1. The number of esters is 1. The minimum Gasteiger partial charge on any atom is -0.480 e. The van der Waals surface area contributed by atoms with Crippen LogP contribution in [0.3, 0.4) is 0 Å². The zero-order valence-corrected chi connectivity index (χ0v) is 19.6. The number of halogens is 1. The minimum atomic E-state index is -0.666. The number of para-hydroxylation sites is 2. The van der Waals surface area contributed by atoms with Crippen LogP contribution >= 0.6 is 11.6 Å². The van der Waals surface area contributed by atoms with Gasteiger partial charge in [0.25, 0.3) is 0 Å². The van der Waals surface area contributed by atoms with Crippen LogP contribution in [-0.4, -0.2) is 50.3 Å². The van der Waals surface area contributed by atoms with Crippen LogP contribution in [0.5, 0.6) is 5.75 Å². The average Bonchev–Trinajstić information content (AvgIpc) is 2.97. The zero-order chi connectivity index (χ0) is 23.5. The van der Waals surface area contributed by atoms with Crippen LogP contribution in [0.4, 0.5) is 5.69 Å². The number of methoxy groups -OCH3 is 1. The van der Waals surface area contributed by atoms with E-state index in [0.717, 1.165) is 0 Å². The molecule has 0 saturated carbocycles. The third-order valence-corrected chi connectivity index (χ3v) is 6.07. The van der Waals surface area contributed by atoms with E-state index >= 15 is 0 Å². The van der Waals surface area contributed by atoms with Gasteiger partial charge in [0, 0.05) is 16.0 Å². The normalized spacial score (nSPS) is 16.5. The maximum Gasteiger partial charge on any atom is 0.496 e. The van der Waals surface area contributed by atoms with E-state index < -0.39 is 24.3 Å². The second kappa shape index (κ2) is 9.52. The number of Topliss-reactive ketones (excluding diaryl/α,β-unsaturated/α-hetero) is 1. The van der Waals surface area contributed by atoms with Gasteiger partial charge in [-0.3, -0.25) is 4.79 Å². The molecule has 1 fully saturated rings. The highest BCUT2D eigenvalue weighted by atomic mass is 35.5. The standard InChI is InChI=1S/C23H27BClNO6/c1-22(2)23(3,4)32-24(31-22)16-12-15(10-11-17(16)25)19(27)13-26-18-8-6-7-9-20(18)30-14-21(28)29-5/h6-12,26H,13-14H2,1-5H3. The predicted octanol–water partition coefficient (Wildman–Crippen LogP) is 3.49. The third-order valence-electron chi connectivity index (χ3n) is 5.72. The lowest BCUT2D eigenvalue weighted by atomic mass is 9.78. The van der Waals surface area contributed by atoms with E-state index in [-0.39, 0.29) is 18.9 Å². The summed E-state index contributed by atoms with van der Waals surface area (Å²) in [6.07, 6.45) is 0. The quantitative estimate of drug-likeness (QED) is 0.367. The molecule has 7 nitrogen and oxygen atoms in total. The van der Waals surface area contributed by atoms with Gasteiger partial charge in [0.05, 0.1) is 30.5 Å². The van der Waals surface area contributed by atoms with E-state index in [1.54, 1.807) is 42.5 Å². The van der Waals surface area contributed by atoms with Crippen LogP contribution in [0.2, 0.25) is 5.02 Å². The summed E-state index contributed by atoms with van der Waals surface area (Å²) in [5.41, 5.74) is 0.634. The van der Waals surface area contributed by atoms with Crippen molar-refractivity contribution in [2.45, 2.75) is 38.9 Å². The van der Waals surface area contributed by atoms with Gasteiger partial charge in [0.2, 0.25) is 0 Å². The number of hydrogen-bond acceptors (Lipinski definition) is 7. The summed E-state index contributed by atoms with van der Waals surface area (Å²) in [4.78, 5) is 24.2. The molecular weight excluding hydrogens is 433 g/mol. The van der Waals surface area contributed by atoms with Crippen molar-refractivity contribution >= 4 is 41.6 Å². The molecule has 9 heteroatoms. The molecule has 0 amide bonds. The van der Waals surface area contributed by atoms with Crippen molar-refractivity contribution in [1.29, 1.82) is 0 Å². The molecule has 0 spiro atoms. The third kappa shape index (κ3) is 5.26. The summed E-state index contributed by atoms with van der Waals surface area (Å²) in [7, 11) is 0.624. The fraction of sp³-hybridized carbons (Fsp3) is 0.391. The molecule has 0 unspecified atom stereocenters. The maximum atomic E-state index is 12.9. The minimum absolute atomic E-state index is 0.0169. The first-order valence-electron chi connectivity index (χ1n) is 10.2. The van der Waals surface area contributed by atoms with Crippen LogP contribution in [-0.2, 0) is 18.8 Å². The molecule has 2 aromatic rings. The Kier molecular flexibility index (Phi) is 7.17. The Morgan fingerprint density at radius 3 is 2.38 bits per heavy atom. The summed E-state index contributed by atoms with van der Waals surface area (Å²) in [5, 5.41) is 3.53. The number of hydrogen-bond donors (Lipinski definition) is 1. The molecule has 0 aromatic heterocycles. The number of anilines is 1. The first-order valence-corrected chi connectivity index (χ1v) is 10.6. The largest absolute Gasteiger partial charge is 0.496 e. The monoisotopic (exact) mass is 459 g/mol. The second-order valence-corrected chi connectivity index (χ2v) is 8.87. The topological polar surface area (TPSA) is 83.1 Å². The Morgan fingerprint density at radius 1 is 1.06 bits per heavy atom. The molecule has 3 rings (SSSR count). The van der Waals surface area contributed by atoms with Crippen molar-refractivity contribution < 1.29 is 28.4 Å². The van der Waals surface area contributed by atoms with E-state index in [1.807, 2.05) is 27.7 Å². The Balaban J connectivity index is 1.71. The van der Waals surface area contributed by atoms with Crippen LogP contribution in [0.25, 0.3) is 0 Å². The van der Waals surface area contributed by atoms with Gasteiger partial charge in [0.1, 0.15) is 5.75 Å². The fourth-order valence-corrected chi connectivity index (χ4v) is 3.29. The van der Waals surface area contributed by atoms with Gasteiger partial charge >= 0.3 is 13.1 Å². The Labute approximate surface area is 193 Å². The number of nitrogens with one attached hydrogen (secondary N) is 1. The van der Waals surface area contributed by atoms with Crippen molar-refractivity contribution in [3.8, 4) is 5.75 Å². The molecule has 0 bridgehead atoms. The van der Waals surface area contributed by atoms with E-state index in [2.05, 4.69) is 10.1 Å². The van der Waals surface area contributed by atoms with Crippen LogP contribution in [0.15, 0.2) is 42.5 Å². The van der Waals surface area contributed by atoms with Gasteiger partial charge in [0.15, 0.2) is 12.4 Å². The molecular formula is C23H27BClNO6. The molecule has 1 aliphatic rings. The van der Waals surface area contributed by atoms with Crippen LogP contribution < -0.4 is 15.5 Å². The van der Waals surface area contributed by atoms with Crippen LogP contribution in [0.1, 0.15) is 38.1 Å². The molecule has 170 valence electrons. The van der Waals surface area contributed by atoms with Gasteiger partial charge in [-0.15, -0.1) is 0 Å². The Bertz CT molecular complexity index is 994. The maximum absolute atomic E-state index is 12.9. The highest BCUT2D eigenvalue weighted by Gasteiger charge is 2.52. The van der Waals surface area contributed by atoms with E-state index in [4.69, 9.17) is 25.6 Å². The van der Waals surface area contributed by atoms with Gasteiger partial charge in [-0.2, -0.15) is 0 Å². The van der Waals surface area contributed by atoms with Gasteiger partial charge in [-0.05, 0) is 52.0 Å². The number of benzene rings is 2. The summed E-state index contributed by atoms with van der Waals surface area (Å²) < 4.78 is 22.2. The Morgan fingerprint density at radius 2 is 1.72 bits per heavy atom. The molecule has 2 aromatic carbocycles. The summed E-state index contributed by atoms with van der Waals surface area (Å²) >= 11 is 6.39. The number of carbonyl (C=O) groups excluding carboxylic acids is 2. The average molecular weight is 460 g/mol. The first kappa shape index (κ1) is 24.1. The first-order chi connectivity index (χ1) is 15.0. The molecule has 1 aliphatic heterocycles. The van der Waals surface area contributed by atoms with Crippen molar-refractivity contribution in [3.63, 3.8) is 0 Å². The smallest absolute Gasteiger partial charge is 0.480 e. The summed E-state index contributed by atoms with van der Waals surface area (Å²) in [6.45, 7) is 7.62. The highest BCUT2D eigenvalue weighted by Crippen LogP contribution is 2.37. The van der Waals surface area contributed by atoms with Gasteiger partial charge < -0.3 is 24.1 Å². The van der Waals surface area contributed by atoms with E-state index in [1.165, 1.54) is 7.11 Å². The van der Waals surface area contributed by atoms with Crippen molar-refractivity contribution in [3.05, 3.63) is 53.1 Å². The second-order valence-electron chi connectivity index (χ2n) is 8.46. The van der Waals surface area contributed by atoms with Crippen molar-refractivity contribution in [2.24, 2.45) is 0 Å². The summed E-state index contributed by atoms with van der Waals surface area (Å²) in [5.74, 6) is -0.200. The molecule has 0 radical (unpaired) electrons. The van der Waals surface area contributed by atoms with Crippen molar-refractivity contribution in [2.75, 3.05) is 25.6 Å².